The fourth-order valence-corrected chi connectivity index (χ4v) is 2.88. The van der Waals surface area contributed by atoms with Gasteiger partial charge in [-0.1, -0.05) is 51.8 Å². The monoisotopic (exact) mass is 458 g/mol. The maximum Gasteiger partial charge on any atom is 0.268 e. The van der Waals surface area contributed by atoms with Crippen LogP contribution in [0.25, 0.3) is 6.08 Å². The smallest absolute Gasteiger partial charge is 0.268 e. The van der Waals surface area contributed by atoms with E-state index in [-0.39, 0.29) is 17.8 Å². The topological polar surface area (TPSA) is 71.3 Å². The molecule has 0 radical (unpaired) electrons. The first-order chi connectivity index (χ1) is 13.5. The number of hydrogen-bond donors (Lipinski definition) is 2. The molecule has 1 heterocycles. The Bertz CT molecular complexity index is 999. The van der Waals surface area contributed by atoms with Crippen LogP contribution in [0.2, 0.25) is 5.02 Å². The fraction of sp³-hybridized carbons (Fsp3) is 0.0476. The molecular formula is C21H16BrClN2O3. The van der Waals surface area contributed by atoms with E-state index in [0.717, 1.165) is 10.0 Å². The maximum absolute atomic E-state index is 12.7. The fourth-order valence-electron chi connectivity index (χ4n) is 2.39. The van der Waals surface area contributed by atoms with Gasteiger partial charge in [0.05, 0.1) is 23.4 Å². The molecule has 0 aliphatic carbocycles. The zero-order valence-electron chi connectivity index (χ0n) is 14.6. The van der Waals surface area contributed by atoms with Crippen molar-refractivity contribution in [2.75, 3.05) is 0 Å². The van der Waals surface area contributed by atoms with Crippen LogP contribution in [0.5, 0.6) is 0 Å². The molecule has 0 saturated carbocycles. The van der Waals surface area contributed by atoms with E-state index in [2.05, 4.69) is 26.6 Å². The Hall–Kier alpha value is -2.83. The van der Waals surface area contributed by atoms with E-state index >= 15 is 0 Å². The van der Waals surface area contributed by atoms with Gasteiger partial charge < -0.3 is 15.1 Å². The van der Waals surface area contributed by atoms with Crippen LogP contribution in [0.1, 0.15) is 21.7 Å². The van der Waals surface area contributed by atoms with Crippen LogP contribution >= 0.6 is 27.5 Å². The second-order valence-corrected chi connectivity index (χ2v) is 7.13. The maximum atomic E-state index is 12.7. The van der Waals surface area contributed by atoms with Gasteiger partial charge in [-0.2, -0.15) is 0 Å². The van der Waals surface area contributed by atoms with Crippen molar-refractivity contribution in [3.8, 4) is 0 Å². The minimum Gasteiger partial charge on any atom is -0.467 e. The van der Waals surface area contributed by atoms with Gasteiger partial charge in [0.2, 0.25) is 0 Å². The number of rotatable bonds is 6. The van der Waals surface area contributed by atoms with Crippen LogP contribution in [0.4, 0.5) is 0 Å². The lowest BCUT2D eigenvalue weighted by Gasteiger charge is -2.11. The molecule has 2 amide bonds. The van der Waals surface area contributed by atoms with Crippen LogP contribution in [0.15, 0.2) is 81.5 Å². The summed E-state index contributed by atoms with van der Waals surface area (Å²) in [6.45, 7) is 0.200. The summed E-state index contributed by atoms with van der Waals surface area (Å²) >= 11 is 9.46. The summed E-state index contributed by atoms with van der Waals surface area (Å²) in [6, 6.07) is 17.5. The summed E-state index contributed by atoms with van der Waals surface area (Å²) in [4.78, 5) is 25.3. The Morgan fingerprint density at radius 3 is 2.46 bits per heavy atom. The molecule has 3 aromatic rings. The number of amides is 2. The van der Waals surface area contributed by atoms with Gasteiger partial charge in [0.1, 0.15) is 11.5 Å². The normalized spacial score (nSPS) is 11.1. The molecule has 0 aliphatic heterocycles. The Labute approximate surface area is 175 Å². The molecule has 0 fully saturated rings. The molecule has 0 spiro atoms. The van der Waals surface area contributed by atoms with Gasteiger partial charge in [-0.15, -0.1) is 0 Å². The average molecular weight is 460 g/mol. The highest BCUT2D eigenvalue weighted by Crippen LogP contribution is 2.16. The number of nitrogens with one attached hydrogen (secondary N) is 2. The van der Waals surface area contributed by atoms with Gasteiger partial charge in [0.15, 0.2) is 0 Å². The molecule has 0 saturated heterocycles. The lowest BCUT2D eigenvalue weighted by molar-refractivity contribution is -0.118. The van der Waals surface area contributed by atoms with E-state index in [1.165, 1.54) is 6.26 Å². The highest BCUT2D eigenvalue weighted by Gasteiger charge is 2.16. The van der Waals surface area contributed by atoms with Gasteiger partial charge in [-0.3, -0.25) is 9.59 Å². The lowest BCUT2D eigenvalue weighted by Crippen LogP contribution is -2.34. The summed E-state index contributed by atoms with van der Waals surface area (Å²) in [5, 5.41) is 5.69. The number of halogens is 2. The van der Waals surface area contributed by atoms with Crippen molar-refractivity contribution in [3.05, 3.63) is 99.0 Å². The van der Waals surface area contributed by atoms with Crippen molar-refractivity contribution in [1.29, 1.82) is 0 Å². The second kappa shape index (κ2) is 9.39. The van der Waals surface area contributed by atoms with Crippen molar-refractivity contribution in [3.63, 3.8) is 0 Å². The molecule has 7 heteroatoms. The van der Waals surface area contributed by atoms with E-state index in [1.807, 2.05) is 24.3 Å². The SMILES string of the molecule is O=C(NCc1ccco1)C(=Cc1ccc(Br)cc1)NC(=O)c1ccccc1Cl. The van der Waals surface area contributed by atoms with Crippen molar-refractivity contribution < 1.29 is 14.0 Å². The van der Waals surface area contributed by atoms with Crippen molar-refractivity contribution >= 4 is 45.4 Å². The number of benzene rings is 2. The first-order valence-electron chi connectivity index (χ1n) is 8.36. The Morgan fingerprint density at radius 1 is 1.04 bits per heavy atom. The zero-order chi connectivity index (χ0) is 19.9. The number of carbonyl (C=O) groups is 2. The highest BCUT2D eigenvalue weighted by molar-refractivity contribution is 9.10. The molecule has 2 N–H and O–H groups in total. The molecule has 28 heavy (non-hydrogen) atoms. The van der Waals surface area contributed by atoms with Crippen LogP contribution in [0, 0.1) is 0 Å². The van der Waals surface area contributed by atoms with E-state index in [0.29, 0.717) is 10.8 Å². The number of carbonyl (C=O) groups excluding carboxylic acids is 2. The van der Waals surface area contributed by atoms with Gasteiger partial charge in [0.25, 0.3) is 11.8 Å². The lowest BCUT2D eigenvalue weighted by atomic mass is 10.1. The third kappa shape index (κ3) is 5.34. The molecule has 0 unspecified atom stereocenters. The zero-order valence-corrected chi connectivity index (χ0v) is 17.0. The summed E-state index contributed by atoms with van der Waals surface area (Å²) in [7, 11) is 0. The third-order valence-corrected chi connectivity index (χ3v) is 4.65. The molecule has 3 rings (SSSR count). The number of hydrogen-bond acceptors (Lipinski definition) is 3. The van der Waals surface area contributed by atoms with Crippen molar-refractivity contribution in [2.24, 2.45) is 0 Å². The van der Waals surface area contributed by atoms with Gasteiger partial charge in [0, 0.05) is 4.47 Å². The quantitative estimate of drug-likeness (QED) is 0.521. The summed E-state index contributed by atoms with van der Waals surface area (Å²) in [5.74, 6) is -0.310. The van der Waals surface area contributed by atoms with Crippen LogP contribution < -0.4 is 10.6 Å². The molecule has 2 aromatic carbocycles. The molecule has 0 bridgehead atoms. The molecule has 142 valence electrons. The summed E-state index contributed by atoms with van der Waals surface area (Å²) in [5.41, 5.74) is 1.13. The molecule has 0 aliphatic rings. The minimum absolute atomic E-state index is 0.0961. The van der Waals surface area contributed by atoms with Gasteiger partial charge in [-0.05, 0) is 48.0 Å². The van der Waals surface area contributed by atoms with Crippen LogP contribution in [-0.2, 0) is 11.3 Å². The summed E-state index contributed by atoms with van der Waals surface area (Å²) < 4.78 is 6.13. The first-order valence-corrected chi connectivity index (χ1v) is 9.54. The average Bonchev–Trinajstić information content (AvgIpc) is 3.21. The predicted octanol–water partition coefficient (Wildman–Crippen LogP) is 4.78. The van der Waals surface area contributed by atoms with E-state index in [9.17, 15) is 9.59 Å². The summed E-state index contributed by atoms with van der Waals surface area (Å²) in [6.07, 6.45) is 3.12. The van der Waals surface area contributed by atoms with Crippen LogP contribution in [-0.4, -0.2) is 11.8 Å². The third-order valence-electron chi connectivity index (χ3n) is 3.80. The standard InChI is InChI=1S/C21H16BrClN2O3/c22-15-9-7-14(8-10-15)12-19(21(27)24-13-16-4-3-11-28-16)25-20(26)17-5-1-2-6-18(17)23/h1-12H,13H2,(H,24,27)(H,25,26). The second-order valence-electron chi connectivity index (χ2n) is 5.81. The Kier molecular flexibility index (Phi) is 6.68. The van der Waals surface area contributed by atoms with E-state index in [1.54, 1.807) is 42.5 Å². The van der Waals surface area contributed by atoms with E-state index in [4.69, 9.17) is 16.0 Å². The van der Waals surface area contributed by atoms with Crippen LogP contribution in [0.3, 0.4) is 0 Å². The molecule has 5 nitrogen and oxygen atoms in total. The van der Waals surface area contributed by atoms with E-state index < -0.39 is 11.8 Å². The van der Waals surface area contributed by atoms with Gasteiger partial charge >= 0.3 is 0 Å². The minimum atomic E-state index is -0.470. The number of furan rings is 1. The highest BCUT2D eigenvalue weighted by atomic mass is 79.9. The molecular weight excluding hydrogens is 444 g/mol. The Morgan fingerprint density at radius 2 is 1.79 bits per heavy atom. The molecule has 0 atom stereocenters. The van der Waals surface area contributed by atoms with Crippen molar-refractivity contribution in [2.45, 2.75) is 6.54 Å². The predicted molar refractivity (Wildman–Crippen MR) is 112 cm³/mol. The first kappa shape index (κ1) is 19.9. The molecule has 1 aromatic heterocycles. The largest absolute Gasteiger partial charge is 0.467 e. The van der Waals surface area contributed by atoms with Gasteiger partial charge in [-0.25, -0.2) is 0 Å². The van der Waals surface area contributed by atoms with Crippen molar-refractivity contribution in [1.82, 2.24) is 10.6 Å². The Balaban J connectivity index is 1.83.